The number of esters is 1. The van der Waals surface area contributed by atoms with Gasteiger partial charge in [0.05, 0.1) is 22.8 Å². The Morgan fingerprint density at radius 1 is 1.22 bits per heavy atom. The number of amidine groups is 1. The Labute approximate surface area is 189 Å². The van der Waals surface area contributed by atoms with Crippen LogP contribution in [0.4, 0.5) is 5.69 Å². The molecular weight excluding hydrogens is 430 g/mol. The van der Waals surface area contributed by atoms with Crippen LogP contribution in [0.2, 0.25) is 0 Å². The van der Waals surface area contributed by atoms with Crippen molar-refractivity contribution in [3.8, 4) is 0 Å². The SMILES string of the molecule is CCOC(=O)C1=C(C)[C@@H](c2ccccc2)N2C(=O)[C@@H](Cc3cccc([N+](=O)[O-])c3)SC2=N1. The summed E-state index contributed by atoms with van der Waals surface area (Å²) < 4.78 is 5.19. The first-order valence-electron chi connectivity index (χ1n) is 10.1. The molecule has 0 aliphatic carbocycles. The Hall–Kier alpha value is -3.46. The fraction of sp³-hybridized carbons (Fsp3) is 0.261. The molecule has 9 heteroatoms. The van der Waals surface area contributed by atoms with E-state index in [0.29, 0.717) is 22.7 Å². The second-order valence-corrected chi connectivity index (χ2v) is 8.58. The molecule has 0 N–H and O–H groups in total. The molecule has 4 rings (SSSR count). The standard InChI is InChI=1S/C23H21N3O5S/c1-3-31-22(28)19-14(2)20(16-9-5-4-6-10-16)25-21(27)18(32-23(25)24-19)13-15-8-7-11-17(12-15)26(29)30/h4-12,18,20H,3,13H2,1-2H3/t18-,20+/m1/s1. The minimum Gasteiger partial charge on any atom is -0.461 e. The van der Waals surface area contributed by atoms with Crippen molar-refractivity contribution in [1.29, 1.82) is 0 Å². The Balaban J connectivity index is 1.70. The summed E-state index contributed by atoms with van der Waals surface area (Å²) in [5, 5.41) is 11.0. The quantitative estimate of drug-likeness (QED) is 0.373. The molecule has 8 nitrogen and oxygen atoms in total. The number of rotatable bonds is 6. The van der Waals surface area contributed by atoms with E-state index >= 15 is 0 Å². The fourth-order valence-electron chi connectivity index (χ4n) is 3.89. The molecule has 2 aromatic rings. The van der Waals surface area contributed by atoms with Gasteiger partial charge in [0.1, 0.15) is 0 Å². The van der Waals surface area contributed by atoms with Gasteiger partial charge >= 0.3 is 5.97 Å². The molecule has 0 spiro atoms. The molecule has 164 valence electrons. The number of benzene rings is 2. The Morgan fingerprint density at radius 2 is 1.97 bits per heavy atom. The van der Waals surface area contributed by atoms with E-state index in [2.05, 4.69) is 4.99 Å². The van der Waals surface area contributed by atoms with Gasteiger partial charge in [-0.25, -0.2) is 9.79 Å². The predicted octanol–water partition coefficient (Wildman–Crippen LogP) is 4.03. The molecule has 0 radical (unpaired) electrons. The van der Waals surface area contributed by atoms with Crippen LogP contribution in [0.1, 0.15) is 31.0 Å². The smallest absolute Gasteiger partial charge is 0.357 e. The molecule has 2 atom stereocenters. The maximum absolute atomic E-state index is 13.4. The van der Waals surface area contributed by atoms with Crippen LogP contribution in [0.15, 0.2) is 70.9 Å². The number of hydrogen-bond acceptors (Lipinski definition) is 7. The highest BCUT2D eigenvalue weighted by Gasteiger charge is 2.46. The zero-order chi connectivity index (χ0) is 22.8. The molecule has 32 heavy (non-hydrogen) atoms. The molecule has 2 heterocycles. The van der Waals surface area contributed by atoms with Crippen LogP contribution in [-0.2, 0) is 20.7 Å². The van der Waals surface area contributed by atoms with E-state index < -0.39 is 22.2 Å². The van der Waals surface area contributed by atoms with Crippen molar-refractivity contribution in [2.45, 2.75) is 31.6 Å². The van der Waals surface area contributed by atoms with E-state index in [4.69, 9.17) is 4.74 Å². The molecule has 0 aromatic heterocycles. The summed E-state index contributed by atoms with van der Waals surface area (Å²) in [5.41, 5.74) is 2.39. The number of nitro benzene ring substituents is 1. The molecular formula is C23H21N3O5S. The van der Waals surface area contributed by atoms with Gasteiger partial charge in [-0.1, -0.05) is 54.2 Å². The van der Waals surface area contributed by atoms with Crippen molar-refractivity contribution in [3.63, 3.8) is 0 Å². The fourth-order valence-corrected chi connectivity index (χ4v) is 5.09. The van der Waals surface area contributed by atoms with Crippen molar-refractivity contribution in [3.05, 3.63) is 87.1 Å². The van der Waals surface area contributed by atoms with E-state index in [-0.39, 0.29) is 23.9 Å². The summed E-state index contributed by atoms with van der Waals surface area (Å²) >= 11 is 1.27. The van der Waals surface area contributed by atoms with Crippen molar-refractivity contribution >= 4 is 34.5 Å². The van der Waals surface area contributed by atoms with Crippen LogP contribution in [0.25, 0.3) is 0 Å². The normalized spacial score (nSPS) is 20.1. The Morgan fingerprint density at radius 3 is 2.66 bits per heavy atom. The van der Waals surface area contributed by atoms with E-state index in [1.54, 1.807) is 30.9 Å². The third kappa shape index (κ3) is 4.03. The molecule has 0 bridgehead atoms. The monoisotopic (exact) mass is 451 g/mol. The lowest BCUT2D eigenvalue weighted by atomic mass is 9.95. The summed E-state index contributed by atoms with van der Waals surface area (Å²) in [6.07, 6.45) is 0.315. The average molecular weight is 452 g/mol. The third-order valence-corrected chi connectivity index (χ3v) is 6.49. The first kappa shape index (κ1) is 21.8. The third-order valence-electron chi connectivity index (χ3n) is 5.34. The second-order valence-electron chi connectivity index (χ2n) is 7.41. The van der Waals surface area contributed by atoms with Gasteiger partial charge in [0.25, 0.3) is 5.69 Å². The van der Waals surface area contributed by atoms with Crippen LogP contribution in [0.3, 0.4) is 0 Å². The molecule has 2 aliphatic heterocycles. The molecule has 1 amide bonds. The number of non-ortho nitro benzene ring substituents is 1. The molecule has 1 fully saturated rings. The number of nitrogens with zero attached hydrogens (tertiary/aromatic N) is 3. The largest absolute Gasteiger partial charge is 0.461 e. The number of nitro groups is 1. The molecule has 2 aromatic carbocycles. The zero-order valence-electron chi connectivity index (χ0n) is 17.6. The summed E-state index contributed by atoms with van der Waals surface area (Å²) in [4.78, 5) is 42.8. The van der Waals surface area contributed by atoms with Gasteiger partial charge in [-0.05, 0) is 37.0 Å². The van der Waals surface area contributed by atoms with E-state index in [1.165, 1.54) is 23.9 Å². The van der Waals surface area contributed by atoms with E-state index in [0.717, 1.165) is 5.56 Å². The highest BCUT2D eigenvalue weighted by atomic mass is 32.2. The van der Waals surface area contributed by atoms with Gasteiger partial charge in [-0.15, -0.1) is 0 Å². The van der Waals surface area contributed by atoms with E-state index in [1.807, 2.05) is 30.3 Å². The number of ether oxygens (including phenoxy) is 1. The van der Waals surface area contributed by atoms with Gasteiger partial charge in [-0.3, -0.25) is 19.8 Å². The number of amides is 1. The number of carbonyl (C=O) groups excluding carboxylic acids is 2. The highest BCUT2D eigenvalue weighted by Crippen LogP contribution is 2.43. The van der Waals surface area contributed by atoms with Crippen LogP contribution >= 0.6 is 11.8 Å². The molecule has 1 saturated heterocycles. The van der Waals surface area contributed by atoms with Crippen molar-refractivity contribution in [2.75, 3.05) is 6.61 Å². The Kier molecular flexibility index (Phi) is 6.09. The predicted molar refractivity (Wildman–Crippen MR) is 121 cm³/mol. The Bertz CT molecular complexity index is 1150. The highest BCUT2D eigenvalue weighted by molar-refractivity contribution is 8.15. The summed E-state index contributed by atoms with van der Waals surface area (Å²) in [5.74, 6) is -0.662. The molecule has 2 aliphatic rings. The van der Waals surface area contributed by atoms with E-state index in [9.17, 15) is 19.7 Å². The topological polar surface area (TPSA) is 102 Å². The van der Waals surface area contributed by atoms with Crippen LogP contribution in [-0.4, -0.2) is 38.7 Å². The number of aliphatic imine (C=N–C) groups is 1. The van der Waals surface area contributed by atoms with Crippen molar-refractivity contribution < 1.29 is 19.2 Å². The van der Waals surface area contributed by atoms with Gasteiger partial charge < -0.3 is 4.74 Å². The number of hydrogen-bond donors (Lipinski definition) is 0. The lowest BCUT2D eigenvalue weighted by molar-refractivity contribution is -0.384. The molecule has 0 saturated carbocycles. The van der Waals surface area contributed by atoms with Crippen LogP contribution in [0.5, 0.6) is 0 Å². The summed E-state index contributed by atoms with van der Waals surface area (Å²) in [7, 11) is 0. The van der Waals surface area contributed by atoms with Crippen LogP contribution < -0.4 is 0 Å². The minimum absolute atomic E-state index is 0.0164. The van der Waals surface area contributed by atoms with Crippen LogP contribution in [0, 0.1) is 10.1 Å². The molecule has 0 unspecified atom stereocenters. The first-order chi connectivity index (χ1) is 15.4. The summed E-state index contributed by atoms with van der Waals surface area (Å²) in [6.45, 7) is 3.74. The first-order valence-corrected chi connectivity index (χ1v) is 11.0. The number of carbonyl (C=O) groups is 2. The maximum Gasteiger partial charge on any atom is 0.357 e. The van der Waals surface area contributed by atoms with Gasteiger partial charge in [-0.2, -0.15) is 0 Å². The lowest BCUT2D eigenvalue weighted by Crippen LogP contribution is -2.39. The summed E-state index contributed by atoms with van der Waals surface area (Å²) in [6, 6.07) is 15.3. The van der Waals surface area contributed by atoms with Crippen molar-refractivity contribution in [1.82, 2.24) is 4.90 Å². The number of thioether (sulfide) groups is 1. The van der Waals surface area contributed by atoms with Crippen molar-refractivity contribution in [2.24, 2.45) is 4.99 Å². The minimum atomic E-state index is -0.520. The van der Waals surface area contributed by atoms with Gasteiger partial charge in [0, 0.05) is 12.1 Å². The number of fused-ring (bicyclic) bond motifs is 1. The lowest BCUT2D eigenvalue weighted by Gasteiger charge is -2.32. The van der Waals surface area contributed by atoms with Gasteiger partial charge in [0.15, 0.2) is 10.9 Å². The maximum atomic E-state index is 13.4. The average Bonchev–Trinajstić information content (AvgIpc) is 3.09. The van der Waals surface area contributed by atoms with Gasteiger partial charge in [0.2, 0.25) is 5.91 Å². The zero-order valence-corrected chi connectivity index (χ0v) is 18.4. The second kappa shape index (κ2) is 8.96.